The second-order valence-corrected chi connectivity index (χ2v) is 6.43. The monoisotopic (exact) mass is 374 g/mol. The number of carbonyl (C=O) groups is 1. The lowest BCUT2D eigenvalue weighted by Gasteiger charge is -2.08. The van der Waals surface area contributed by atoms with E-state index in [4.69, 9.17) is 0 Å². The molecule has 0 aliphatic heterocycles. The SMILES string of the molecule is O=C(Nc1ccc(NCCc2c[nH]c3ccccc23)cn1)c1ccc(F)cc1. The predicted molar refractivity (Wildman–Crippen MR) is 109 cm³/mol. The lowest BCUT2D eigenvalue weighted by atomic mass is 10.1. The highest BCUT2D eigenvalue weighted by Gasteiger charge is 2.07. The van der Waals surface area contributed by atoms with E-state index in [2.05, 4.69) is 32.7 Å². The summed E-state index contributed by atoms with van der Waals surface area (Å²) in [6.07, 6.45) is 4.60. The van der Waals surface area contributed by atoms with Gasteiger partial charge in [0.05, 0.1) is 11.9 Å². The van der Waals surface area contributed by atoms with Crippen molar-refractivity contribution in [3.8, 4) is 0 Å². The first-order chi connectivity index (χ1) is 13.7. The molecule has 0 radical (unpaired) electrons. The number of hydrogen-bond acceptors (Lipinski definition) is 3. The van der Waals surface area contributed by atoms with E-state index in [0.717, 1.165) is 24.2 Å². The van der Waals surface area contributed by atoms with E-state index in [9.17, 15) is 9.18 Å². The summed E-state index contributed by atoms with van der Waals surface area (Å²) < 4.78 is 12.9. The summed E-state index contributed by atoms with van der Waals surface area (Å²) in [5, 5.41) is 7.27. The van der Waals surface area contributed by atoms with Crippen molar-refractivity contribution in [1.82, 2.24) is 9.97 Å². The van der Waals surface area contributed by atoms with Crippen LogP contribution in [0.2, 0.25) is 0 Å². The van der Waals surface area contributed by atoms with Crippen LogP contribution in [-0.4, -0.2) is 22.4 Å². The van der Waals surface area contributed by atoms with Gasteiger partial charge >= 0.3 is 0 Å². The minimum absolute atomic E-state index is 0.326. The average molecular weight is 374 g/mol. The number of anilines is 2. The number of H-pyrrole nitrogens is 1. The van der Waals surface area contributed by atoms with Gasteiger partial charge in [-0.1, -0.05) is 18.2 Å². The van der Waals surface area contributed by atoms with Gasteiger partial charge in [-0.25, -0.2) is 9.37 Å². The van der Waals surface area contributed by atoms with E-state index in [0.29, 0.717) is 11.4 Å². The molecular formula is C22H19FN4O. The third-order valence-corrected chi connectivity index (χ3v) is 4.51. The zero-order valence-corrected chi connectivity index (χ0v) is 15.1. The number of aromatic nitrogens is 2. The number of fused-ring (bicyclic) bond motifs is 1. The predicted octanol–water partition coefficient (Wildman–Crippen LogP) is 4.61. The number of benzene rings is 2. The van der Waals surface area contributed by atoms with Gasteiger partial charge in [0.15, 0.2) is 0 Å². The van der Waals surface area contributed by atoms with Gasteiger partial charge in [-0.2, -0.15) is 0 Å². The molecule has 2 aromatic carbocycles. The topological polar surface area (TPSA) is 69.8 Å². The smallest absolute Gasteiger partial charge is 0.256 e. The van der Waals surface area contributed by atoms with Crippen LogP contribution >= 0.6 is 0 Å². The number of rotatable bonds is 6. The molecule has 4 aromatic rings. The Morgan fingerprint density at radius 1 is 1.04 bits per heavy atom. The number of hydrogen-bond donors (Lipinski definition) is 3. The minimum Gasteiger partial charge on any atom is -0.383 e. The van der Waals surface area contributed by atoms with Gasteiger partial charge in [-0.05, 0) is 54.4 Å². The lowest BCUT2D eigenvalue weighted by molar-refractivity contribution is 0.102. The van der Waals surface area contributed by atoms with Crippen LogP contribution in [-0.2, 0) is 6.42 Å². The Balaban J connectivity index is 1.32. The molecular weight excluding hydrogens is 355 g/mol. The summed E-state index contributed by atoms with van der Waals surface area (Å²) in [6, 6.07) is 17.2. The zero-order chi connectivity index (χ0) is 19.3. The van der Waals surface area contributed by atoms with Crippen molar-refractivity contribution in [3.63, 3.8) is 0 Å². The summed E-state index contributed by atoms with van der Waals surface area (Å²) >= 11 is 0. The number of carbonyl (C=O) groups excluding carboxylic acids is 1. The van der Waals surface area contributed by atoms with Gasteiger partial charge in [0.2, 0.25) is 0 Å². The first-order valence-electron chi connectivity index (χ1n) is 9.01. The third-order valence-electron chi connectivity index (χ3n) is 4.51. The van der Waals surface area contributed by atoms with Crippen LogP contribution in [0.25, 0.3) is 10.9 Å². The Kier molecular flexibility index (Phi) is 5.01. The number of pyridine rings is 1. The standard InChI is InChI=1S/C22H19FN4O/c23-17-7-5-15(6-8-17)22(28)27-21-10-9-18(14-26-21)24-12-11-16-13-25-20-4-2-1-3-19(16)20/h1-10,13-14,24-25H,11-12H2,(H,26,27,28). The second-order valence-electron chi connectivity index (χ2n) is 6.43. The molecule has 2 aromatic heterocycles. The fourth-order valence-corrected chi connectivity index (χ4v) is 3.04. The molecule has 0 saturated carbocycles. The molecule has 28 heavy (non-hydrogen) atoms. The molecule has 0 spiro atoms. The Hall–Kier alpha value is -3.67. The van der Waals surface area contributed by atoms with Gasteiger partial charge in [-0.3, -0.25) is 4.79 Å². The highest BCUT2D eigenvalue weighted by Crippen LogP contribution is 2.18. The van der Waals surface area contributed by atoms with Crippen LogP contribution in [0.3, 0.4) is 0 Å². The first-order valence-corrected chi connectivity index (χ1v) is 9.01. The fourth-order valence-electron chi connectivity index (χ4n) is 3.04. The summed E-state index contributed by atoms with van der Waals surface area (Å²) in [7, 11) is 0. The molecule has 1 amide bonds. The van der Waals surface area contributed by atoms with Crippen molar-refractivity contribution in [2.75, 3.05) is 17.2 Å². The van der Waals surface area contributed by atoms with Gasteiger partial charge in [0.1, 0.15) is 11.6 Å². The third kappa shape index (κ3) is 4.01. The quantitative estimate of drug-likeness (QED) is 0.462. The molecule has 0 fully saturated rings. The summed E-state index contributed by atoms with van der Waals surface area (Å²) in [4.78, 5) is 19.7. The van der Waals surface area contributed by atoms with Crippen molar-refractivity contribution in [2.24, 2.45) is 0 Å². The molecule has 3 N–H and O–H groups in total. The molecule has 0 aliphatic rings. The number of amides is 1. The Bertz CT molecular complexity index is 1090. The van der Waals surface area contributed by atoms with Crippen molar-refractivity contribution in [3.05, 3.63) is 90.0 Å². The summed E-state index contributed by atoms with van der Waals surface area (Å²) in [5.41, 5.74) is 3.66. The van der Waals surface area contributed by atoms with Gasteiger partial charge in [0.25, 0.3) is 5.91 Å². The summed E-state index contributed by atoms with van der Waals surface area (Å²) in [5.74, 6) is -0.262. The number of para-hydroxylation sites is 1. The van der Waals surface area contributed by atoms with Crippen molar-refractivity contribution in [1.29, 1.82) is 0 Å². The normalized spacial score (nSPS) is 10.8. The molecule has 0 aliphatic carbocycles. The van der Waals surface area contributed by atoms with E-state index < -0.39 is 0 Å². The number of nitrogens with zero attached hydrogens (tertiary/aromatic N) is 1. The fraction of sp³-hybridized carbons (Fsp3) is 0.0909. The van der Waals surface area contributed by atoms with Gasteiger partial charge < -0.3 is 15.6 Å². The largest absolute Gasteiger partial charge is 0.383 e. The molecule has 140 valence electrons. The molecule has 0 unspecified atom stereocenters. The number of halogens is 1. The maximum Gasteiger partial charge on any atom is 0.256 e. The molecule has 0 saturated heterocycles. The van der Waals surface area contributed by atoms with Crippen molar-refractivity contribution in [2.45, 2.75) is 6.42 Å². The Morgan fingerprint density at radius 3 is 2.64 bits per heavy atom. The molecule has 2 heterocycles. The average Bonchev–Trinajstić information content (AvgIpc) is 3.13. The molecule has 6 heteroatoms. The first kappa shape index (κ1) is 17.7. The van der Waals surface area contributed by atoms with Crippen LogP contribution in [0.5, 0.6) is 0 Å². The number of nitrogens with one attached hydrogen (secondary N) is 3. The van der Waals surface area contributed by atoms with E-state index >= 15 is 0 Å². The molecule has 4 rings (SSSR count). The maximum absolute atomic E-state index is 12.9. The second kappa shape index (κ2) is 7.92. The highest BCUT2D eigenvalue weighted by molar-refractivity contribution is 6.03. The van der Waals surface area contributed by atoms with E-state index in [1.54, 1.807) is 12.3 Å². The Labute approximate surface area is 161 Å². The van der Waals surface area contributed by atoms with Gasteiger partial charge in [-0.15, -0.1) is 0 Å². The maximum atomic E-state index is 12.9. The van der Waals surface area contributed by atoms with Gasteiger partial charge in [0, 0.05) is 29.2 Å². The van der Waals surface area contributed by atoms with E-state index in [-0.39, 0.29) is 11.7 Å². The van der Waals surface area contributed by atoms with Crippen LogP contribution in [0.4, 0.5) is 15.9 Å². The zero-order valence-electron chi connectivity index (χ0n) is 15.1. The Morgan fingerprint density at radius 2 is 1.86 bits per heavy atom. The molecule has 0 bridgehead atoms. The van der Waals surface area contributed by atoms with E-state index in [1.165, 1.54) is 35.2 Å². The van der Waals surface area contributed by atoms with E-state index in [1.807, 2.05) is 24.4 Å². The van der Waals surface area contributed by atoms with Crippen molar-refractivity contribution < 1.29 is 9.18 Å². The molecule has 5 nitrogen and oxygen atoms in total. The van der Waals surface area contributed by atoms with Crippen LogP contribution in [0.15, 0.2) is 73.1 Å². The van der Waals surface area contributed by atoms with Crippen LogP contribution < -0.4 is 10.6 Å². The highest BCUT2D eigenvalue weighted by atomic mass is 19.1. The number of aromatic amines is 1. The van der Waals surface area contributed by atoms with Crippen LogP contribution in [0.1, 0.15) is 15.9 Å². The summed E-state index contributed by atoms with van der Waals surface area (Å²) in [6.45, 7) is 0.769. The van der Waals surface area contributed by atoms with Crippen molar-refractivity contribution >= 4 is 28.3 Å². The lowest BCUT2D eigenvalue weighted by Crippen LogP contribution is -2.13. The molecule has 0 atom stereocenters. The van der Waals surface area contributed by atoms with Crippen LogP contribution in [0, 0.1) is 5.82 Å². The minimum atomic E-state index is -0.377.